The lowest BCUT2D eigenvalue weighted by molar-refractivity contribution is 0.311. The highest BCUT2D eigenvalue weighted by Gasteiger charge is 2.13. The summed E-state index contributed by atoms with van der Waals surface area (Å²) in [6.07, 6.45) is 0. The largest absolute Gasteiger partial charge is 0.395 e. The second-order valence-corrected chi connectivity index (χ2v) is 5.30. The summed E-state index contributed by atoms with van der Waals surface area (Å²) in [5, 5.41) is 15.0. The summed E-state index contributed by atoms with van der Waals surface area (Å²) in [6.45, 7) is 0.816. The van der Waals surface area contributed by atoms with Crippen molar-refractivity contribution in [3.8, 4) is 0 Å². The first kappa shape index (κ1) is 16.2. The maximum absolute atomic E-state index is 8.91. The molecule has 2 aromatic heterocycles. The topological polar surface area (TPSA) is 122 Å². The number of hydrogen-bond donors (Lipinski definition) is 4. The zero-order valence-corrected chi connectivity index (χ0v) is 13.5. The number of anilines is 3. The van der Waals surface area contributed by atoms with Crippen molar-refractivity contribution in [3.63, 3.8) is 0 Å². The quantitative estimate of drug-likeness (QED) is 0.498. The molecule has 1 aromatic carbocycles. The van der Waals surface area contributed by atoms with Crippen LogP contribution in [0.3, 0.4) is 0 Å². The number of halogens is 1. The summed E-state index contributed by atoms with van der Waals surface area (Å²) in [4.78, 5) is 16.8. The summed E-state index contributed by atoms with van der Waals surface area (Å²) in [5.74, 6) is 0.949. The van der Waals surface area contributed by atoms with E-state index in [9.17, 15) is 0 Å². The molecule has 0 bridgehead atoms. The minimum Gasteiger partial charge on any atom is -0.395 e. The molecule has 0 spiro atoms. The molecule has 0 aliphatic rings. The highest BCUT2D eigenvalue weighted by Crippen LogP contribution is 2.25. The number of nitrogens with two attached hydrogens (primary N) is 1. The molecule has 0 unspecified atom stereocenters. The van der Waals surface area contributed by atoms with Crippen LogP contribution in [0, 0.1) is 0 Å². The monoisotopic (exact) mass is 345 g/mol. The first-order valence-electron chi connectivity index (χ1n) is 7.30. The number of aliphatic hydroxyl groups excluding tert-OH is 1. The van der Waals surface area contributed by atoms with Crippen LogP contribution in [-0.4, -0.2) is 38.2 Å². The Morgan fingerprint density at radius 3 is 2.54 bits per heavy atom. The van der Waals surface area contributed by atoms with Crippen LogP contribution >= 0.6 is 11.6 Å². The third kappa shape index (κ3) is 3.61. The van der Waals surface area contributed by atoms with Gasteiger partial charge in [-0.15, -0.1) is 0 Å². The van der Waals surface area contributed by atoms with E-state index in [-0.39, 0.29) is 17.7 Å². The van der Waals surface area contributed by atoms with Gasteiger partial charge in [0.05, 0.1) is 6.61 Å². The molecule has 3 aromatic rings. The fourth-order valence-electron chi connectivity index (χ4n) is 2.16. The van der Waals surface area contributed by atoms with Crippen LogP contribution in [0.25, 0.3) is 11.0 Å². The number of nitrogens with one attached hydrogen (secondary N) is 2. The molecule has 24 heavy (non-hydrogen) atoms. The van der Waals surface area contributed by atoms with Crippen LogP contribution in [-0.2, 0) is 6.54 Å². The first-order chi connectivity index (χ1) is 11.7. The van der Waals surface area contributed by atoms with Crippen LogP contribution < -0.4 is 16.4 Å². The molecule has 0 aliphatic carbocycles. The van der Waals surface area contributed by atoms with Crippen molar-refractivity contribution in [2.45, 2.75) is 6.54 Å². The first-order valence-corrected chi connectivity index (χ1v) is 7.68. The SMILES string of the molecule is Nc1nc(NCCO)nc2c(NCc3ccccc3)nc(Cl)nc12. The van der Waals surface area contributed by atoms with Crippen molar-refractivity contribution in [2.24, 2.45) is 0 Å². The molecule has 5 N–H and O–H groups in total. The smallest absolute Gasteiger partial charge is 0.225 e. The number of benzene rings is 1. The van der Waals surface area contributed by atoms with Crippen molar-refractivity contribution in [1.82, 2.24) is 19.9 Å². The van der Waals surface area contributed by atoms with Crippen LogP contribution in [0.5, 0.6) is 0 Å². The van der Waals surface area contributed by atoms with E-state index in [2.05, 4.69) is 30.6 Å². The number of rotatable bonds is 6. The van der Waals surface area contributed by atoms with E-state index in [1.807, 2.05) is 30.3 Å². The molecular formula is C15H16ClN7O. The lowest BCUT2D eigenvalue weighted by Gasteiger charge is -2.11. The van der Waals surface area contributed by atoms with Gasteiger partial charge in [0.2, 0.25) is 11.2 Å². The molecule has 0 radical (unpaired) electrons. The predicted octanol–water partition coefficient (Wildman–Crippen LogP) is 1.67. The molecule has 0 fully saturated rings. The van der Waals surface area contributed by atoms with Gasteiger partial charge in [0, 0.05) is 13.1 Å². The van der Waals surface area contributed by atoms with Crippen LogP contribution in [0.2, 0.25) is 5.28 Å². The third-order valence-electron chi connectivity index (χ3n) is 3.24. The van der Waals surface area contributed by atoms with E-state index >= 15 is 0 Å². The average molecular weight is 346 g/mol. The maximum Gasteiger partial charge on any atom is 0.225 e. The molecule has 0 amide bonds. The molecule has 0 saturated carbocycles. The number of nitrogen functional groups attached to an aromatic ring is 1. The van der Waals surface area contributed by atoms with Gasteiger partial charge >= 0.3 is 0 Å². The summed E-state index contributed by atoms with van der Waals surface area (Å²) in [5.41, 5.74) is 7.86. The minimum absolute atomic E-state index is 0.0441. The average Bonchev–Trinajstić information content (AvgIpc) is 2.59. The Hall–Kier alpha value is -2.71. The van der Waals surface area contributed by atoms with Gasteiger partial charge in [0.1, 0.15) is 11.0 Å². The van der Waals surface area contributed by atoms with E-state index < -0.39 is 0 Å². The Morgan fingerprint density at radius 2 is 1.79 bits per heavy atom. The Labute approximate surface area is 143 Å². The van der Waals surface area contributed by atoms with Gasteiger partial charge in [-0.05, 0) is 17.2 Å². The molecule has 3 rings (SSSR count). The highest BCUT2D eigenvalue weighted by molar-refractivity contribution is 6.29. The summed E-state index contributed by atoms with van der Waals surface area (Å²) in [7, 11) is 0. The third-order valence-corrected chi connectivity index (χ3v) is 3.41. The number of aromatic nitrogens is 4. The van der Waals surface area contributed by atoms with Crippen molar-refractivity contribution in [1.29, 1.82) is 0 Å². The van der Waals surface area contributed by atoms with Crippen molar-refractivity contribution in [3.05, 3.63) is 41.2 Å². The van der Waals surface area contributed by atoms with Crippen LogP contribution in [0.15, 0.2) is 30.3 Å². The molecule has 0 atom stereocenters. The molecule has 0 aliphatic heterocycles. The normalized spacial score (nSPS) is 10.8. The molecule has 124 valence electrons. The van der Waals surface area contributed by atoms with E-state index in [1.54, 1.807) is 0 Å². The molecule has 2 heterocycles. The van der Waals surface area contributed by atoms with Crippen LogP contribution in [0.1, 0.15) is 5.56 Å². The van der Waals surface area contributed by atoms with Crippen LogP contribution in [0.4, 0.5) is 17.6 Å². The number of hydrogen-bond acceptors (Lipinski definition) is 8. The molecule has 8 nitrogen and oxygen atoms in total. The summed E-state index contributed by atoms with van der Waals surface area (Å²) < 4.78 is 0. The van der Waals surface area contributed by atoms with E-state index in [0.717, 1.165) is 5.56 Å². The van der Waals surface area contributed by atoms with Gasteiger partial charge in [-0.3, -0.25) is 0 Å². The Balaban J connectivity index is 1.97. The standard InChI is InChI=1S/C15H16ClN7O/c16-14-20-10-11(21-15(18-6-7-24)22-12(10)17)13(23-14)19-8-9-4-2-1-3-5-9/h1-5,24H,6-8H2,(H,19,20,23)(H3,17,18,21,22). The van der Waals surface area contributed by atoms with E-state index in [0.29, 0.717) is 35.9 Å². The predicted molar refractivity (Wildman–Crippen MR) is 93.9 cm³/mol. The second-order valence-electron chi connectivity index (χ2n) is 4.96. The lowest BCUT2D eigenvalue weighted by Crippen LogP contribution is -2.12. The number of nitrogens with zero attached hydrogens (tertiary/aromatic N) is 4. The summed E-state index contributed by atoms with van der Waals surface area (Å²) >= 11 is 5.98. The zero-order valence-electron chi connectivity index (χ0n) is 12.7. The van der Waals surface area contributed by atoms with Gasteiger partial charge in [-0.2, -0.15) is 9.97 Å². The number of aliphatic hydroxyl groups is 1. The molecule has 0 saturated heterocycles. The second kappa shape index (κ2) is 7.24. The van der Waals surface area contributed by atoms with Gasteiger partial charge in [0.15, 0.2) is 11.6 Å². The molecule has 9 heteroatoms. The Morgan fingerprint density at radius 1 is 1.00 bits per heavy atom. The Kier molecular flexibility index (Phi) is 4.88. The minimum atomic E-state index is -0.0441. The fraction of sp³-hybridized carbons (Fsp3) is 0.200. The van der Waals surface area contributed by atoms with Gasteiger partial charge in [-0.1, -0.05) is 30.3 Å². The summed E-state index contributed by atoms with van der Waals surface area (Å²) in [6, 6.07) is 9.86. The van der Waals surface area contributed by atoms with Gasteiger partial charge in [-0.25, -0.2) is 9.97 Å². The maximum atomic E-state index is 8.91. The Bertz CT molecular complexity index is 844. The number of fused-ring (bicyclic) bond motifs is 1. The van der Waals surface area contributed by atoms with Crippen molar-refractivity contribution >= 4 is 40.2 Å². The fourth-order valence-corrected chi connectivity index (χ4v) is 2.33. The van der Waals surface area contributed by atoms with E-state index in [4.69, 9.17) is 22.4 Å². The zero-order chi connectivity index (χ0) is 16.9. The molecular weight excluding hydrogens is 330 g/mol. The lowest BCUT2D eigenvalue weighted by atomic mass is 10.2. The van der Waals surface area contributed by atoms with Gasteiger partial charge < -0.3 is 21.5 Å². The van der Waals surface area contributed by atoms with Gasteiger partial charge in [0.25, 0.3) is 0 Å². The highest BCUT2D eigenvalue weighted by atomic mass is 35.5. The van der Waals surface area contributed by atoms with Crippen molar-refractivity contribution < 1.29 is 5.11 Å². The van der Waals surface area contributed by atoms with E-state index in [1.165, 1.54) is 0 Å². The van der Waals surface area contributed by atoms with Crippen molar-refractivity contribution in [2.75, 3.05) is 29.5 Å².